The fraction of sp³-hybridized carbons (Fsp3) is 0.263. The third-order valence-electron chi connectivity index (χ3n) is 4.09. The van der Waals surface area contributed by atoms with E-state index < -0.39 is 5.60 Å². The lowest BCUT2D eigenvalue weighted by atomic mass is 9.82. The highest BCUT2D eigenvalue weighted by Crippen LogP contribution is 2.46. The van der Waals surface area contributed by atoms with Gasteiger partial charge in [-0.15, -0.1) is 0 Å². The summed E-state index contributed by atoms with van der Waals surface area (Å²) in [6.07, 6.45) is 0. The zero-order valence-electron chi connectivity index (χ0n) is 13.3. The molecule has 0 fully saturated rings. The van der Waals surface area contributed by atoms with Crippen LogP contribution in [0.4, 0.5) is 0 Å². The molecule has 0 radical (unpaired) electrons. The number of aromatic hydroxyl groups is 1. The molecule has 1 N–H and O–H groups in total. The predicted octanol–water partition coefficient (Wildman–Crippen LogP) is 4.50. The van der Waals surface area contributed by atoms with Crippen molar-refractivity contribution in [1.82, 2.24) is 0 Å². The van der Waals surface area contributed by atoms with Crippen LogP contribution in [0.5, 0.6) is 17.2 Å². The van der Waals surface area contributed by atoms with Gasteiger partial charge in [-0.25, -0.2) is 0 Å². The van der Waals surface area contributed by atoms with Crippen LogP contribution in [0, 0.1) is 0 Å². The number of ether oxygens (including phenoxy) is 2. The van der Waals surface area contributed by atoms with E-state index in [-0.39, 0.29) is 5.75 Å². The maximum absolute atomic E-state index is 9.68. The van der Waals surface area contributed by atoms with Gasteiger partial charge in [-0.3, -0.25) is 0 Å². The zero-order chi connectivity index (χ0) is 15.9. The molecule has 2 aromatic rings. The molecular formula is C19H20O3. The first-order valence-corrected chi connectivity index (χ1v) is 7.30. The third kappa shape index (κ3) is 2.33. The average molecular weight is 296 g/mol. The lowest BCUT2D eigenvalue weighted by molar-refractivity contribution is 0.168. The van der Waals surface area contributed by atoms with Crippen LogP contribution in [0.25, 0.3) is 11.1 Å². The van der Waals surface area contributed by atoms with Crippen LogP contribution in [-0.2, 0) is 0 Å². The molecular weight excluding hydrogens is 276 g/mol. The van der Waals surface area contributed by atoms with Crippen molar-refractivity contribution in [3.63, 3.8) is 0 Å². The standard InChI is InChI=1S/C19H20O3/c1-12-16-10-7-14(20)11-17(16)22-19(2,3)18(12)13-5-8-15(21-4)9-6-13/h5-11,20H,1-4H3. The number of allylic oxidation sites excluding steroid dienone is 1. The first-order valence-electron chi connectivity index (χ1n) is 7.30. The highest BCUT2D eigenvalue weighted by Gasteiger charge is 2.34. The lowest BCUT2D eigenvalue weighted by Crippen LogP contribution is -2.33. The van der Waals surface area contributed by atoms with Crippen molar-refractivity contribution in [2.24, 2.45) is 0 Å². The van der Waals surface area contributed by atoms with Crippen molar-refractivity contribution < 1.29 is 14.6 Å². The molecule has 3 heteroatoms. The topological polar surface area (TPSA) is 38.7 Å². The molecule has 3 nitrogen and oxygen atoms in total. The molecule has 0 unspecified atom stereocenters. The smallest absolute Gasteiger partial charge is 0.131 e. The van der Waals surface area contributed by atoms with Crippen molar-refractivity contribution in [1.29, 1.82) is 0 Å². The van der Waals surface area contributed by atoms with Crippen LogP contribution < -0.4 is 9.47 Å². The van der Waals surface area contributed by atoms with E-state index in [9.17, 15) is 5.11 Å². The molecule has 0 atom stereocenters. The van der Waals surface area contributed by atoms with Gasteiger partial charge in [0.05, 0.1) is 7.11 Å². The number of hydrogen-bond acceptors (Lipinski definition) is 3. The molecule has 0 saturated heterocycles. The minimum absolute atomic E-state index is 0.218. The molecule has 3 rings (SSSR count). The molecule has 0 aromatic heterocycles. The quantitative estimate of drug-likeness (QED) is 0.886. The Labute approximate surface area is 130 Å². The summed E-state index contributed by atoms with van der Waals surface area (Å²) < 4.78 is 11.4. The molecule has 0 aliphatic carbocycles. The summed E-state index contributed by atoms with van der Waals surface area (Å²) in [5.41, 5.74) is 3.97. The van der Waals surface area contributed by atoms with E-state index >= 15 is 0 Å². The Kier molecular flexibility index (Phi) is 3.36. The summed E-state index contributed by atoms with van der Waals surface area (Å²) in [7, 11) is 1.66. The minimum atomic E-state index is -0.473. The van der Waals surface area contributed by atoms with Crippen LogP contribution in [0.1, 0.15) is 31.9 Å². The molecule has 1 aliphatic rings. The monoisotopic (exact) mass is 296 g/mol. The SMILES string of the molecule is COc1ccc(C2=C(C)c3ccc(O)cc3OC2(C)C)cc1. The number of methoxy groups -OCH3 is 1. The fourth-order valence-electron chi connectivity index (χ4n) is 3.14. The maximum atomic E-state index is 9.68. The van der Waals surface area contributed by atoms with Crippen molar-refractivity contribution in [3.05, 3.63) is 53.6 Å². The van der Waals surface area contributed by atoms with Gasteiger partial charge in [-0.1, -0.05) is 12.1 Å². The van der Waals surface area contributed by atoms with Crippen LogP contribution >= 0.6 is 0 Å². The second-order valence-corrected chi connectivity index (χ2v) is 6.02. The van der Waals surface area contributed by atoms with Gasteiger partial charge in [-0.05, 0) is 56.2 Å². The summed E-state index contributed by atoms with van der Waals surface area (Å²) in [4.78, 5) is 0. The van der Waals surface area contributed by atoms with Crippen molar-refractivity contribution >= 4 is 11.1 Å². The molecule has 0 amide bonds. The lowest BCUT2D eigenvalue weighted by Gasteiger charge is -2.36. The second-order valence-electron chi connectivity index (χ2n) is 6.02. The molecule has 1 aliphatic heterocycles. The van der Waals surface area contributed by atoms with Gasteiger partial charge in [-0.2, -0.15) is 0 Å². The Bertz CT molecular complexity index is 740. The first-order chi connectivity index (χ1) is 10.4. The van der Waals surface area contributed by atoms with Gasteiger partial charge in [0.1, 0.15) is 22.8 Å². The van der Waals surface area contributed by atoms with Crippen molar-refractivity contribution in [2.45, 2.75) is 26.4 Å². The van der Waals surface area contributed by atoms with E-state index in [0.717, 1.165) is 33.8 Å². The number of phenols is 1. The molecule has 1 heterocycles. The highest BCUT2D eigenvalue weighted by atomic mass is 16.5. The Morgan fingerprint density at radius 2 is 1.73 bits per heavy atom. The van der Waals surface area contributed by atoms with Gasteiger partial charge in [0.15, 0.2) is 0 Å². The molecule has 0 saturated carbocycles. The summed E-state index contributed by atoms with van der Waals surface area (Å²) in [5.74, 6) is 1.77. The predicted molar refractivity (Wildman–Crippen MR) is 88.3 cm³/mol. The van der Waals surface area contributed by atoms with Crippen LogP contribution in [0.15, 0.2) is 42.5 Å². The average Bonchev–Trinajstić information content (AvgIpc) is 2.46. The molecule has 22 heavy (non-hydrogen) atoms. The summed E-state index contributed by atoms with van der Waals surface area (Å²) in [6.45, 7) is 6.19. The van der Waals surface area contributed by atoms with E-state index in [1.165, 1.54) is 0 Å². The number of rotatable bonds is 2. The van der Waals surface area contributed by atoms with E-state index in [2.05, 4.69) is 6.92 Å². The normalized spacial score (nSPS) is 16.0. The van der Waals surface area contributed by atoms with Gasteiger partial charge in [0, 0.05) is 17.2 Å². The largest absolute Gasteiger partial charge is 0.508 e. The van der Waals surface area contributed by atoms with E-state index in [0.29, 0.717) is 0 Å². The first kappa shape index (κ1) is 14.5. The second kappa shape index (κ2) is 5.09. The summed E-state index contributed by atoms with van der Waals surface area (Å²) >= 11 is 0. The summed E-state index contributed by atoms with van der Waals surface area (Å²) in [6, 6.07) is 13.3. The van der Waals surface area contributed by atoms with Crippen LogP contribution in [-0.4, -0.2) is 17.8 Å². The molecule has 0 bridgehead atoms. The fourth-order valence-corrected chi connectivity index (χ4v) is 3.14. The van der Waals surface area contributed by atoms with E-state index in [4.69, 9.17) is 9.47 Å². The van der Waals surface area contributed by atoms with Crippen LogP contribution in [0.2, 0.25) is 0 Å². The Balaban J connectivity index is 2.18. The summed E-state index contributed by atoms with van der Waals surface area (Å²) in [5, 5.41) is 9.68. The van der Waals surface area contributed by atoms with Gasteiger partial charge in [0.2, 0.25) is 0 Å². The molecule has 2 aromatic carbocycles. The molecule has 0 spiro atoms. The Morgan fingerprint density at radius 3 is 2.36 bits per heavy atom. The van der Waals surface area contributed by atoms with E-state index in [1.807, 2.05) is 44.2 Å². The van der Waals surface area contributed by atoms with Crippen LogP contribution in [0.3, 0.4) is 0 Å². The van der Waals surface area contributed by atoms with Gasteiger partial charge >= 0.3 is 0 Å². The minimum Gasteiger partial charge on any atom is -0.508 e. The van der Waals surface area contributed by atoms with Crippen molar-refractivity contribution in [3.8, 4) is 17.2 Å². The number of benzene rings is 2. The van der Waals surface area contributed by atoms with Gasteiger partial charge in [0.25, 0.3) is 0 Å². The number of phenolic OH excluding ortho intramolecular Hbond substituents is 1. The number of hydrogen-bond donors (Lipinski definition) is 1. The zero-order valence-corrected chi connectivity index (χ0v) is 13.3. The Morgan fingerprint density at radius 1 is 1.05 bits per heavy atom. The van der Waals surface area contributed by atoms with Gasteiger partial charge < -0.3 is 14.6 Å². The molecule has 114 valence electrons. The van der Waals surface area contributed by atoms with Crippen molar-refractivity contribution in [2.75, 3.05) is 7.11 Å². The maximum Gasteiger partial charge on any atom is 0.131 e. The third-order valence-corrected chi connectivity index (χ3v) is 4.09. The highest BCUT2D eigenvalue weighted by molar-refractivity contribution is 5.96. The number of fused-ring (bicyclic) bond motifs is 1. The van der Waals surface area contributed by atoms with E-state index in [1.54, 1.807) is 19.2 Å². The Hall–Kier alpha value is -2.42.